The minimum Gasteiger partial charge on any atom is -0.508 e. The standard InChI is InChI=1S/C18H24O3/c1-5-6-7-14-12(4)15-9-13(8-11(2)3)16(19)10-17(15)21-18(14)20/h9-11,19H,5-8H2,1-4H3. The van der Waals surface area contributed by atoms with Crippen LogP contribution in [0.1, 0.15) is 50.3 Å². The molecule has 0 unspecified atom stereocenters. The van der Waals surface area contributed by atoms with Gasteiger partial charge in [-0.15, -0.1) is 0 Å². The third-order valence-corrected chi connectivity index (χ3v) is 3.90. The van der Waals surface area contributed by atoms with Crippen LogP contribution in [-0.2, 0) is 12.8 Å². The average molecular weight is 288 g/mol. The zero-order valence-electron chi connectivity index (χ0n) is 13.3. The zero-order chi connectivity index (χ0) is 15.6. The molecule has 0 aliphatic carbocycles. The number of phenols is 1. The summed E-state index contributed by atoms with van der Waals surface area (Å²) in [6.45, 7) is 8.32. The molecular weight excluding hydrogens is 264 g/mol. The van der Waals surface area contributed by atoms with Crippen molar-refractivity contribution < 1.29 is 9.52 Å². The number of hydrogen-bond donors (Lipinski definition) is 1. The van der Waals surface area contributed by atoms with Crippen molar-refractivity contribution in [1.82, 2.24) is 0 Å². The summed E-state index contributed by atoms with van der Waals surface area (Å²) < 4.78 is 5.40. The van der Waals surface area contributed by atoms with Crippen molar-refractivity contribution in [2.45, 2.75) is 53.4 Å². The first-order chi connectivity index (χ1) is 9.93. The van der Waals surface area contributed by atoms with E-state index < -0.39 is 0 Å². The van der Waals surface area contributed by atoms with Crippen molar-refractivity contribution in [2.75, 3.05) is 0 Å². The molecule has 0 bridgehead atoms. The van der Waals surface area contributed by atoms with Gasteiger partial charge >= 0.3 is 5.63 Å². The Balaban J connectivity index is 2.60. The molecule has 0 spiro atoms. The van der Waals surface area contributed by atoms with Gasteiger partial charge in [-0.3, -0.25) is 0 Å². The molecule has 2 rings (SSSR count). The van der Waals surface area contributed by atoms with E-state index in [2.05, 4.69) is 20.8 Å². The first kappa shape index (κ1) is 15.6. The summed E-state index contributed by atoms with van der Waals surface area (Å²) in [5.41, 5.74) is 2.87. The molecule has 2 aromatic rings. The summed E-state index contributed by atoms with van der Waals surface area (Å²) in [6, 6.07) is 3.55. The molecule has 114 valence electrons. The first-order valence-corrected chi connectivity index (χ1v) is 7.72. The van der Waals surface area contributed by atoms with E-state index in [1.54, 1.807) is 6.07 Å². The number of aromatic hydroxyl groups is 1. The second kappa shape index (κ2) is 6.33. The number of benzene rings is 1. The molecule has 0 saturated carbocycles. The van der Waals surface area contributed by atoms with Gasteiger partial charge in [0.25, 0.3) is 0 Å². The highest BCUT2D eigenvalue weighted by atomic mass is 16.4. The van der Waals surface area contributed by atoms with Gasteiger partial charge < -0.3 is 9.52 Å². The molecule has 0 aliphatic heterocycles. The fourth-order valence-corrected chi connectivity index (χ4v) is 2.71. The Morgan fingerprint density at radius 1 is 1.29 bits per heavy atom. The Bertz CT molecular complexity index is 696. The van der Waals surface area contributed by atoms with Crippen LogP contribution in [0.15, 0.2) is 21.3 Å². The summed E-state index contributed by atoms with van der Waals surface area (Å²) in [5, 5.41) is 11.0. The van der Waals surface area contributed by atoms with E-state index in [4.69, 9.17) is 4.42 Å². The molecule has 21 heavy (non-hydrogen) atoms. The van der Waals surface area contributed by atoms with Crippen LogP contribution < -0.4 is 5.63 Å². The van der Waals surface area contributed by atoms with Crippen LogP contribution in [0.2, 0.25) is 0 Å². The van der Waals surface area contributed by atoms with Crippen molar-refractivity contribution in [2.24, 2.45) is 5.92 Å². The van der Waals surface area contributed by atoms with Crippen LogP contribution in [-0.4, -0.2) is 5.11 Å². The van der Waals surface area contributed by atoms with Crippen LogP contribution in [0.5, 0.6) is 5.75 Å². The van der Waals surface area contributed by atoms with Crippen molar-refractivity contribution >= 4 is 11.0 Å². The van der Waals surface area contributed by atoms with Crippen molar-refractivity contribution in [3.8, 4) is 5.75 Å². The number of hydrogen-bond acceptors (Lipinski definition) is 3. The number of phenolic OH excluding ortho intramolecular Hbond substituents is 1. The topological polar surface area (TPSA) is 50.4 Å². The normalized spacial score (nSPS) is 11.5. The number of aryl methyl sites for hydroxylation is 1. The lowest BCUT2D eigenvalue weighted by molar-refractivity contribution is 0.460. The predicted molar refractivity (Wildman–Crippen MR) is 86.0 cm³/mol. The molecule has 0 atom stereocenters. The Morgan fingerprint density at radius 2 is 2.00 bits per heavy atom. The van der Waals surface area contributed by atoms with Crippen LogP contribution >= 0.6 is 0 Å². The molecule has 1 N–H and O–H groups in total. The Morgan fingerprint density at radius 3 is 2.62 bits per heavy atom. The number of fused-ring (bicyclic) bond motifs is 1. The molecule has 0 fully saturated rings. The van der Waals surface area contributed by atoms with E-state index in [1.807, 2.05) is 13.0 Å². The Kier molecular flexibility index (Phi) is 4.71. The lowest BCUT2D eigenvalue weighted by Crippen LogP contribution is -2.10. The van der Waals surface area contributed by atoms with E-state index in [0.717, 1.165) is 47.8 Å². The molecule has 1 aromatic carbocycles. The second-order valence-electron chi connectivity index (χ2n) is 6.17. The van der Waals surface area contributed by atoms with Crippen LogP contribution in [0.3, 0.4) is 0 Å². The molecule has 1 aromatic heterocycles. The minimum absolute atomic E-state index is 0.208. The van der Waals surface area contributed by atoms with Gasteiger partial charge in [0.05, 0.1) is 0 Å². The molecule has 0 radical (unpaired) electrons. The maximum Gasteiger partial charge on any atom is 0.339 e. The first-order valence-electron chi connectivity index (χ1n) is 7.72. The van der Waals surface area contributed by atoms with Gasteiger partial charge in [0.15, 0.2) is 0 Å². The summed E-state index contributed by atoms with van der Waals surface area (Å²) in [6.07, 6.45) is 3.59. The number of rotatable bonds is 5. The SMILES string of the molecule is CCCCc1c(C)c2cc(CC(C)C)c(O)cc2oc1=O. The van der Waals surface area contributed by atoms with Crippen LogP contribution in [0.4, 0.5) is 0 Å². The largest absolute Gasteiger partial charge is 0.508 e. The summed E-state index contributed by atoms with van der Waals surface area (Å²) in [7, 11) is 0. The molecule has 0 aliphatic rings. The monoisotopic (exact) mass is 288 g/mol. The molecule has 1 heterocycles. The average Bonchev–Trinajstić information content (AvgIpc) is 2.40. The molecular formula is C18H24O3. The molecule has 3 heteroatoms. The van der Waals surface area contributed by atoms with Gasteiger partial charge in [0.1, 0.15) is 11.3 Å². The maximum absolute atomic E-state index is 12.1. The van der Waals surface area contributed by atoms with E-state index >= 15 is 0 Å². The zero-order valence-corrected chi connectivity index (χ0v) is 13.3. The maximum atomic E-state index is 12.1. The molecule has 0 amide bonds. The minimum atomic E-state index is -0.274. The third-order valence-electron chi connectivity index (χ3n) is 3.90. The van der Waals surface area contributed by atoms with E-state index in [-0.39, 0.29) is 11.4 Å². The third kappa shape index (κ3) is 3.29. The van der Waals surface area contributed by atoms with Gasteiger partial charge in [-0.25, -0.2) is 4.79 Å². The van der Waals surface area contributed by atoms with E-state index in [9.17, 15) is 9.90 Å². The summed E-state index contributed by atoms with van der Waals surface area (Å²) in [5.74, 6) is 0.670. The highest BCUT2D eigenvalue weighted by Gasteiger charge is 2.14. The van der Waals surface area contributed by atoms with Gasteiger partial charge in [-0.05, 0) is 49.3 Å². The Hall–Kier alpha value is -1.77. The lowest BCUT2D eigenvalue weighted by atomic mass is 9.96. The Labute approximate surface area is 125 Å². The second-order valence-corrected chi connectivity index (χ2v) is 6.17. The van der Waals surface area contributed by atoms with E-state index in [1.165, 1.54) is 0 Å². The van der Waals surface area contributed by atoms with Crippen LogP contribution in [0.25, 0.3) is 11.0 Å². The fraction of sp³-hybridized carbons (Fsp3) is 0.500. The van der Waals surface area contributed by atoms with Gasteiger partial charge in [-0.1, -0.05) is 27.2 Å². The van der Waals surface area contributed by atoms with Gasteiger partial charge in [0.2, 0.25) is 0 Å². The highest BCUT2D eigenvalue weighted by Crippen LogP contribution is 2.29. The molecule has 3 nitrogen and oxygen atoms in total. The lowest BCUT2D eigenvalue weighted by Gasteiger charge is -2.12. The summed E-state index contributed by atoms with van der Waals surface area (Å²) >= 11 is 0. The quantitative estimate of drug-likeness (QED) is 0.832. The highest BCUT2D eigenvalue weighted by molar-refractivity contribution is 5.83. The van der Waals surface area contributed by atoms with Crippen LogP contribution in [0, 0.1) is 12.8 Å². The number of unbranched alkanes of at least 4 members (excludes halogenated alkanes) is 1. The van der Waals surface area contributed by atoms with E-state index in [0.29, 0.717) is 11.5 Å². The van der Waals surface area contributed by atoms with Crippen molar-refractivity contribution in [3.05, 3.63) is 39.2 Å². The summed E-state index contributed by atoms with van der Waals surface area (Å²) in [4.78, 5) is 12.1. The smallest absolute Gasteiger partial charge is 0.339 e. The predicted octanol–water partition coefficient (Wildman–Crippen LogP) is 4.35. The van der Waals surface area contributed by atoms with Gasteiger partial charge in [-0.2, -0.15) is 0 Å². The van der Waals surface area contributed by atoms with Crippen molar-refractivity contribution in [3.63, 3.8) is 0 Å². The van der Waals surface area contributed by atoms with Crippen molar-refractivity contribution in [1.29, 1.82) is 0 Å². The fourth-order valence-electron chi connectivity index (χ4n) is 2.71. The molecule has 0 saturated heterocycles. The van der Waals surface area contributed by atoms with Gasteiger partial charge in [0, 0.05) is 17.0 Å².